The van der Waals surface area contributed by atoms with Crippen molar-refractivity contribution < 1.29 is 9.32 Å². The Labute approximate surface area is 133 Å². The largest absolute Gasteiger partial charge is 0.339 e. The van der Waals surface area contributed by atoms with Crippen LogP contribution in [0.5, 0.6) is 0 Å². The van der Waals surface area contributed by atoms with E-state index in [1.165, 1.54) is 0 Å². The van der Waals surface area contributed by atoms with Gasteiger partial charge < -0.3 is 9.42 Å². The highest BCUT2D eigenvalue weighted by Crippen LogP contribution is 2.40. The number of nitriles is 1. The van der Waals surface area contributed by atoms with Crippen molar-refractivity contribution in [1.29, 1.82) is 5.26 Å². The zero-order valence-electron chi connectivity index (χ0n) is 12.6. The molecule has 1 aromatic heterocycles. The quantitative estimate of drug-likeness (QED) is 0.870. The number of hydrogen-bond acceptors (Lipinski definition) is 5. The predicted octanol–water partition coefficient (Wildman–Crippen LogP) is 2.80. The fourth-order valence-corrected chi connectivity index (χ4v) is 3.04. The van der Waals surface area contributed by atoms with E-state index in [2.05, 4.69) is 16.2 Å². The van der Waals surface area contributed by atoms with Crippen molar-refractivity contribution in [3.8, 4) is 6.07 Å². The summed E-state index contributed by atoms with van der Waals surface area (Å²) in [6.45, 7) is 0.674. The first-order chi connectivity index (χ1) is 11.3. The van der Waals surface area contributed by atoms with Gasteiger partial charge in [-0.05, 0) is 43.9 Å². The highest BCUT2D eigenvalue weighted by molar-refractivity contribution is 5.95. The van der Waals surface area contributed by atoms with E-state index in [0.29, 0.717) is 35.3 Å². The molecule has 1 aliphatic carbocycles. The van der Waals surface area contributed by atoms with Crippen LogP contribution in [0.25, 0.3) is 0 Å². The number of hydrogen-bond donors (Lipinski definition) is 0. The molecule has 6 heteroatoms. The van der Waals surface area contributed by atoms with E-state index >= 15 is 0 Å². The van der Waals surface area contributed by atoms with Crippen LogP contribution in [-0.4, -0.2) is 27.5 Å². The van der Waals surface area contributed by atoms with Gasteiger partial charge in [0.15, 0.2) is 5.82 Å². The first-order valence-electron chi connectivity index (χ1n) is 7.91. The second-order valence-corrected chi connectivity index (χ2v) is 6.11. The molecule has 0 unspecified atom stereocenters. The molecule has 2 heterocycles. The minimum absolute atomic E-state index is 0.0811. The van der Waals surface area contributed by atoms with Crippen LogP contribution in [0.2, 0.25) is 0 Å². The Morgan fingerprint density at radius 3 is 3.00 bits per heavy atom. The number of benzene rings is 1. The third-order valence-electron chi connectivity index (χ3n) is 4.43. The summed E-state index contributed by atoms with van der Waals surface area (Å²) in [7, 11) is 0. The van der Waals surface area contributed by atoms with Crippen molar-refractivity contribution in [2.75, 3.05) is 6.54 Å². The van der Waals surface area contributed by atoms with Crippen LogP contribution in [0.4, 0.5) is 0 Å². The molecule has 6 nitrogen and oxygen atoms in total. The highest BCUT2D eigenvalue weighted by atomic mass is 16.5. The Hall–Kier alpha value is -2.68. The number of carbonyl (C=O) groups excluding carboxylic acids is 1. The maximum Gasteiger partial charge on any atom is 0.254 e. The predicted molar refractivity (Wildman–Crippen MR) is 80.4 cm³/mol. The SMILES string of the molecule is N#Cc1cccc(C(=O)N2CCC[C@@H]2c2noc(C3CC3)n2)c1. The number of amides is 1. The summed E-state index contributed by atoms with van der Waals surface area (Å²) in [5.74, 6) is 1.64. The minimum atomic E-state index is -0.135. The van der Waals surface area contributed by atoms with E-state index < -0.39 is 0 Å². The average Bonchev–Trinajstić information content (AvgIpc) is 3.13. The van der Waals surface area contributed by atoms with Gasteiger partial charge in [0.05, 0.1) is 17.7 Å². The molecule has 2 aliphatic rings. The standard InChI is InChI=1S/C17H16N4O2/c18-10-11-3-1-4-13(9-11)17(22)21-8-2-5-14(21)15-19-16(23-20-15)12-6-7-12/h1,3-4,9,12,14H,2,5-8H2/t14-/m1/s1. The molecule has 0 radical (unpaired) electrons. The summed E-state index contributed by atoms with van der Waals surface area (Å²) in [5, 5.41) is 13.1. The molecule has 4 rings (SSSR count). The third-order valence-corrected chi connectivity index (χ3v) is 4.43. The van der Waals surface area contributed by atoms with Gasteiger partial charge >= 0.3 is 0 Å². The van der Waals surface area contributed by atoms with Gasteiger partial charge in [-0.2, -0.15) is 10.2 Å². The van der Waals surface area contributed by atoms with E-state index in [0.717, 1.165) is 25.7 Å². The fraction of sp³-hybridized carbons (Fsp3) is 0.412. The van der Waals surface area contributed by atoms with Crippen LogP contribution in [0.3, 0.4) is 0 Å². The molecule has 1 amide bonds. The zero-order chi connectivity index (χ0) is 15.8. The van der Waals surface area contributed by atoms with E-state index in [1.807, 2.05) is 0 Å². The molecule has 2 fully saturated rings. The van der Waals surface area contributed by atoms with Crippen molar-refractivity contribution >= 4 is 5.91 Å². The molecule has 1 aromatic carbocycles. The Morgan fingerprint density at radius 2 is 2.22 bits per heavy atom. The van der Waals surface area contributed by atoms with Crippen molar-refractivity contribution in [3.63, 3.8) is 0 Å². The van der Waals surface area contributed by atoms with Gasteiger partial charge in [-0.15, -0.1) is 0 Å². The summed E-state index contributed by atoms with van der Waals surface area (Å²) in [6, 6.07) is 8.73. The molecule has 0 bridgehead atoms. The van der Waals surface area contributed by atoms with E-state index in [4.69, 9.17) is 9.78 Å². The maximum atomic E-state index is 12.8. The van der Waals surface area contributed by atoms with Crippen LogP contribution in [0, 0.1) is 11.3 Å². The fourth-order valence-electron chi connectivity index (χ4n) is 3.04. The monoisotopic (exact) mass is 308 g/mol. The second-order valence-electron chi connectivity index (χ2n) is 6.11. The molecule has 1 aliphatic heterocycles. The van der Waals surface area contributed by atoms with Crippen LogP contribution < -0.4 is 0 Å². The molecule has 1 saturated heterocycles. The van der Waals surface area contributed by atoms with E-state index in [1.54, 1.807) is 29.2 Å². The van der Waals surface area contributed by atoms with E-state index in [9.17, 15) is 4.79 Å². The number of rotatable bonds is 3. The van der Waals surface area contributed by atoms with Crippen molar-refractivity contribution in [3.05, 3.63) is 47.1 Å². The molecule has 1 saturated carbocycles. The van der Waals surface area contributed by atoms with Gasteiger partial charge in [-0.3, -0.25) is 4.79 Å². The Morgan fingerprint density at radius 1 is 1.35 bits per heavy atom. The lowest BCUT2D eigenvalue weighted by Gasteiger charge is -2.22. The Kier molecular flexibility index (Phi) is 3.34. The van der Waals surface area contributed by atoms with Gasteiger partial charge in [0.2, 0.25) is 5.89 Å². The Bertz CT molecular complexity index is 788. The number of aromatic nitrogens is 2. The molecule has 2 aromatic rings. The van der Waals surface area contributed by atoms with Crippen molar-refractivity contribution in [2.24, 2.45) is 0 Å². The van der Waals surface area contributed by atoms with Crippen LogP contribution in [0.15, 0.2) is 28.8 Å². The summed E-state index contributed by atoms with van der Waals surface area (Å²) < 4.78 is 5.33. The minimum Gasteiger partial charge on any atom is -0.339 e. The molecule has 1 atom stereocenters. The Balaban J connectivity index is 1.58. The molecular weight excluding hydrogens is 292 g/mol. The highest BCUT2D eigenvalue weighted by Gasteiger charge is 2.36. The van der Waals surface area contributed by atoms with Gasteiger partial charge in [-0.25, -0.2) is 0 Å². The maximum absolute atomic E-state index is 12.8. The first-order valence-corrected chi connectivity index (χ1v) is 7.91. The normalized spacial score (nSPS) is 20.5. The van der Waals surface area contributed by atoms with Crippen LogP contribution in [-0.2, 0) is 0 Å². The number of likely N-dealkylation sites (tertiary alicyclic amines) is 1. The second kappa shape index (κ2) is 5.51. The topological polar surface area (TPSA) is 83.0 Å². The van der Waals surface area contributed by atoms with Gasteiger partial charge in [-0.1, -0.05) is 11.2 Å². The smallest absolute Gasteiger partial charge is 0.254 e. The molecule has 116 valence electrons. The van der Waals surface area contributed by atoms with Gasteiger partial charge in [0.1, 0.15) is 0 Å². The zero-order valence-corrected chi connectivity index (χ0v) is 12.6. The van der Waals surface area contributed by atoms with Crippen molar-refractivity contribution in [1.82, 2.24) is 15.0 Å². The van der Waals surface area contributed by atoms with Gasteiger partial charge in [0, 0.05) is 18.0 Å². The first kappa shape index (κ1) is 13.9. The molecular formula is C17H16N4O2. The lowest BCUT2D eigenvalue weighted by Crippen LogP contribution is -2.31. The molecule has 0 spiro atoms. The van der Waals surface area contributed by atoms with Crippen molar-refractivity contribution in [2.45, 2.75) is 37.6 Å². The average molecular weight is 308 g/mol. The molecule has 0 N–H and O–H groups in total. The lowest BCUT2D eigenvalue weighted by atomic mass is 10.1. The van der Waals surface area contributed by atoms with Crippen LogP contribution in [0.1, 0.15) is 65.3 Å². The molecule has 23 heavy (non-hydrogen) atoms. The summed E-state index contributed by atoms with van der Waals surface area (Å²) in [5.41, 5.74) is 1.02. The van der Waals surface area contributed by atoms with Gasteiger partial charge in [0.25, 0.3) is 5.91 Å². The summed E-state index contributed by atoms with van der Waals surface area (Å²) in [4.78, 5) is 19.1. The van der Waals surface area contributed by atoms with Crippen LogP contribution >= 0.6 is 0 Å². The summed E-state index contributed by atoms with van der Waals surface area (Å²) >= 11 is 0. The van der Waals surface area contributed by atoms with E-state index in [-0.39, 0.29) is 11.9 Å². The third kappa shape index (κ3) is 2.59. The number of nitrogens with zero attached hydrogens (tertiary/aromatic N) is 4. The lowest BCUT2D eigenvalue weighted by molar-refractivity contribution is 0.0728. The number of carbonyl (C=O) groups is 1. The summed E-state index contributed by atoms with van der Waals surface area (Å²) in [6.07, 6.45) is 3.97.